The molecule has 0 unspecified atom stereocenters. The van der Waals surface area contributed by atoms with Gasteiger partial charge in [0.05, 0.1) is 6.10 Å². The first kappa shape index (κ1) is 17.0. The van der Waals surface area contributed by atoms with Gasteiger partial charge in [0.15, 0.2) is 0 Å². The van der Waals surface area contributed by atoms with Gasteiger partial charge in [0.25, 0.3) is 0 Å². The third-order valence-electron chi connectivity index (χ3n) is 2.44. The molecule has 18 heavy (non-hydrogen) atoms. The van der Waals surface area contributed by atoms with Gasteiger partial charge in [-0.05, 0) is 19.1 Å². The second-order valence-corrected chi connectivity index (χ2v) is 3.96. The molecule has 2 atom stereocenters. The standard InChI is InChI=1S/C11H14F3NO2.ClH/c1-6-2-3-8(16)7(4-6)9(17)5-10(15)11(12,13)14;/h2-4,9-10,16-17H,5,15H2,1H3;1H/t9-,10-;/m0./s1. The van der Waals surface area contributed by atoms with Crippen molar-refractivity contribution in [3.8, 4) is 5.75 Å². The fraction of sp³-hybridized carbons (Fsp3) is 0.455. The number of aryl methyl sites for hydroxylation is 1. The number of aromatic hydroxyl groups is 1. The summed E-state index contributed by atoms with van der Waals surface area (Å²) < 4.78 is 36.6. The Bertz CT molecular complexity index is 398. The summed E-state index contributed by atoms with van der Waals surface area (Å²) in [6.07, 6.45) is -6.67. The summed E-state index contributed by atoms with van der Waals surface area (Å²) in [5, 5.41) is 19.1. The average Bonchev–Trinajstić information content (AvgIpc) is 2.20. The van der Waals surface area contributed by atoms with E-state index in [1.54, 1.807) is 13.0 Å². The molecule has 7 heteroatoms. The largest absolute Gasteiger partial charge is 0.508 e. The molecule has 0 aliphatic heterocycles. The van der Waals surface area contributed by atoms with Gasteiger partial charge < -0.3 is 15.9 Å². The van der Waals surface area contributed by atoms with Crippen LogP contribution in [0.2, 0.25) is 0 Å². The topological polar surface area (TPSA) is 66.5 Å². The van der Waals surface area contributed by atoms with Crippen molar-refractivity contribution >= 4 is 12.4 Å². The van der Waals surface area contributed by atoms with Crippen LogP contribution in [0, 0.1) is 6.92 Å². The SMILES string of the molecule is Cc1ccc(O)c([C@@H](O)C[C@H](N)C(F)(F)F)c1.Cl. The van der Waals surface area contributed by atoms with Gasteiger partial charge in [0.1, 0.15) is 11.8 Å². The molecule has 1 aromatic rings. The van der Waals surface area contributed by atoms with Crippen molar-refractivity contribution in [2.75, 3.05) is 0 Å². The Balaban J connectivity index is 0.00000289. The minimum absolute atomic E-state index is 0. The third kappa shape index (κ3) is 4.36. The van der Waals surface area contributed by atoms with Crippen LogP contribution < -0.4 is 5.73 Å². The fourth-order valence-corrected chi connectivity index (χ4v) is 1.44. The lowest BCUT2D eigenvalue weighted by Crippen LogP contribution is -2.38. The van der Waals surface area contributed by atoms with E-state index >= 15 is 0 Å². The molecule has 0 bridgehead atoms. The Morgan fingerprint density at radius 1 is 1.33 bits per heavy atom. The molecule has 0 amide bonds. The first-order valence-corrected chi connectivity index (χ1v) is 5.01. The molecule has 3 nitrogen and oxygen atoms in total. The number of rotatable bonds is 3. The summed E-state index contributed by atoms with van der Waals surface area (Å²) in [5.74, 6) is -0.238. The van der Waals surface area contributed by atoms with Crippen molar-refractivity contribution in [2.45, 2.75) is 31.7 Å². The molecule has 0 saturated heterocycles. The highest BCUT2D eigenvalue weighted by molar-refractivity contribution is 5.85. The zero-order valence-electron chi connectivity index (χ0n) is 9.61. The zero-order chi connectivity index (χ0) is 13.2. The van der Waals surface area contributed by atoms with Crippen LogP contribution in [0.4, 0.5) is 13.2 Å². The lowest BCUT2D eigenvalue weighted by molar-refractivity contribution is -0.153. The number of benzene rings is 1. The van der Waals surface area contributed by atoms with E-state index in [0.717, 1.165) is 5.56 Å². The van der Waals surface area contributed by atoms with Crippen LogP contribution in [0.5, 0.6) is 5.75 Å². The van der Waals surface area contributed by atoms with E-state index in [4.69, 9.17) is 5.73 Å². The maximum absolute atomic E-state index is 12.2. The van der Waals surface area contributed by atoms with Crippen LogP contribution in [0.1, 0.15) is 23.7 Å². The molecule has 1 aromatic carbocycles. The molecular formula is C11H15ClF3NO2. The van der Waals surface area contributed by atoms with Crippen LogP contribution in [0.15, 0.2) is 18.2 Å². The molecule has 0 radical (unpaired) electrons. The lowest BCUT2D eigenvalue weighted by atomic mass is 9.99. The molecular weight excluding hydrogens is 271 g/mol. The normalized spacial score (nSPS) is 14.8. The Hall–Kier alpha value is -0.980. The summed E-state index contributed by atoms with van der Waals surface area (Å²) in [6, 6.07) is 2.24. The maximum atomic E-state index is 12.2. The highest BCUT2D eigenvalue weighted by atomic mass is 35.5. The molecule has 4 N–H and O–H groups in total. The van der Waals surface area contributed by atoms with Gasteiger partial charge in [-0.15, -0.1) is 12.4 Å². The highest BCUT2D eigenvalue weighted by Crippen LogP contribution is 2.31. The van der Waals surface area contributed by atoms with E-state index in [2.05, 4.69) is 0 Å². The van der Waals surface area contributed by atoms with E-state index in [0.29, 0.717) is 0 Å². The van der Waals surface area contributed by atoms with Crippen molar-refractivity contribution in [3.05, 3.63) is 29.3 Å². The van der Waals surface area contributed by atoms with E-state index < -0.39 is 24.7 Å². The number of phenolic OH excluding ortho intramolecular Hbond substituents is 1. The Kier molecular flexibility index (Phi) is 5.92. The van der Waals surface area contributed by atoms with Gasteiger partial charge in [0.2, 0.25) is 0 Å². The number of hydrogen-bond acceptors (Lipinski definition) is 3. The minimum Gasteiger partial charge on any atom is -0.508 e. The van der Waals surface area contributed by atoms with Crippen LogP contribution >= 0.6 is 12.4 Å². The van der Waals surface area contributed by atoms with Gasteiger partial charge in [-0.3, -0.25) is 0 Å². The number of nitrogens with two attached hydrogens (primary N) is 1. The Labute approximate surface area is 109 Å². The summed E-state index contributed by atoms with van der Waals surface area (Å²) in [5.41, 5.74) is 5.70. The summed E-state index contributed by atoms with van der Waals surface area (Å²) >= 11 is 0. The Morgan fingerprint density at radius 2 is 1.89 bits per heavy atom. The quantitative estimate of drug-likeness (QED) is 0.799. The van der Waals surface area contributed by atoms with Gasteiger partial charge in [0, 0.05) is 12.0 Å². The second-order valence-electron chi connectivity index (χ2n) is 3.96. The number of halogens is 4. The summed E-state index contributed by atoms with van der Waals surface area (Å²) in [4.78, 5) is 0. The molecule has 0 aromatic heterocycles. The Morgan fingerprint density at radius 3 is 2.39 bits per heavy atom. The minimum atomic E-state index is -4.56. The molecule has 0 aliphatic carbocycles. The maximum Gasteiger partial charge on any atom is 0.403 e. The number of alkyl halides is 3. The molecule has 104 valence electrons. The van der Waals surface area contributed by atoms with E-state index in [1.807, 2.05) is 0 Å². The average molecular weight is 286 g/mol. The zero-order valence-corrected chi connectivity index (χ0v) is 10.4. The molecule has 0 aliphatic rings. The smallest absolute Gasteiger partial charge is 0.403 e. The van der Waals surface area contributed by atoms with Crippen molar-refractivity contribution < 1.29 is 23.4 Å². The molecule has 1 rings (SSSR count). The number of aliphatic hydroxyl groups excluding tert-OH is 1. The number of aliphatic hydroxyl groups is 1. The van der Waals surface area contributed by atoms with Crippen LogP contribution in [0.3, 0.4) is 0 Å². The fourth-order valence-electron chi connectivity index (χ4n) is 1.44. The molecule has 0 spiro atoms. The molecule has 0 heterocycles. The van der Waals surface area contributed by atoms with Crippen molar-refractivity contribution in [3.63, 3.8) is 0 Å². The molecule has 0 fully saturated rings. The van der Waals surface area contributed by atoms with Crippen LogP contribution in [0.25, 0.3) is 0 Å². The highest BCUT2D eigenvalue weighted by Gasteiger charge is 2.38. The first-order valence-electron chi connectivity index (χ1n) is 5.01. The van der Waals surface area contributed by atoms with E-state index in [-0.39, 0.29) is 23.7 Å². The lowest BCUT2D eigenvalue weighted by Gasteiger charge is -2.20. The first-order chi connectivity index (χ1) is 7.71. The van der Waals surface area contributed by atoms with E-state index in [9.17, 15) is 23.4 Å². The van der Waals surface area contributed by atoms with E-state index in [1.165, 1.54) is 12.1 Å². The summed E-state index contributed by atoms with van der Waals surface area (Å²) in [6.45, 7) is 1.71. The monoisotopic (exact) mass is 285 g/mol. The predicted molar refractivity (Wildman–Crippen MR) is 63.7 cm³/mol. The van der Waals surface area contributed by atoms with Gasteiger partial charge >= 0.3 is 6.18 Å². The summed E-state index contributed by atoms with van der Waals surface area (Å²) in [7, 11) is 0. The number of hydrogen-bond donors (Lipinski definition) is 3. The second kappa shape index (κ2) is 6.26. The molecule has 0 saturated carbocycles. The van der Waals surface area contributed by atoms with Crippen LogP contribution in [-0.4, -0.2) is 22.4 Å². The predicted octanol–water partition coefficient (Wildman–Crippen LogP) is 2.44. The number of phenols is 1. The van der Waals surface area contributed by atoms with Crippen molar-refractivity contribution in [1.29, 1.82) is 0 Å². The van der Waals surface area contributed by atoms with Crippen molar-refractivity contribution in [1.82, 2.24) is 0 Å². The van der Waals surface area contributed by atoms with Gasteiger partial charge in [-0.25, -0.2) is 0 Å². The van der Waals surface area contributed by atoms with Crippen LogP contribution in [-0.2, 0) is 0 Å². The van der Waals surface area contributed by atoms with Gasteiger partial charge in [-0.1, -0.05) is 11.6 Å². The third-order valence-corrected chi connectivity index (χ3v) is 2.44. The van der Waals surface area contributed by atoms with Gasteiger partial charge in [-0.2, -0.15) is 13.2 Å². The van der Waals surface area contributed by atoms with Crippen molar-refractivity contribution in [2.24, 2.45) is 5.73 Å².